The average molecular weight is 342 g/mol. The van der Waals surface area contributed by atoms with Crippen LogP contribution in [0, 0.1) is 0 Å². The van der Waals surface area contributed by atoms with Gasteiger partial charge in [-0.25, -0.2) is 0 Å². The van der Waals surface area contributed by atoms with E-state index in [1.807, 2.05) is 29.2 Å². The highest BCUT2D eigenvalue weighted by atomic mass is 32.1. The molecule has 0 radical (unpaired) electrons. The first kappa shape index (κ1) is 16.7. The number of methoxy groups -OCH3 is 1. The number of rotatable bonds is 6. The molecule has 0 aliphatic carbocycles. The molecule has 5 heteroatoms. The Labute approximate surface area is 146 Å². The molecule has 1 amide bonds. The lowest BCUT2D eigenvalue weighted by Gasteiger charge is -2.36. The zero-order valence-electron chi connectivity index (χ0n) is 13.8. The van der Waals surface area contributed by atoms with Crippen LogP contribution in [0.3, 0.4) is 0 Å². The van der Waals surface area contributed by atoms with Crippen LogP contribution in [0.4, 0.5) is 0 Å². The van der Waals surface area contributed by atoms with Crippen LogP contribution in [-0.2, 0) is 11.2 Å². The van der Waals surface area contributed by atoms with E-state index in [-0.39, 0.29) is 11.9 Å². The first-order chi connectivity index (χ1) is 11.7. The summed E-state index contributed by atoms with van der Waals surface area (Å²) >= 11 is 1.78. The van der Waals surface area contributed by atoms with Crippen molar-refractivity contribution >= 4 is 17.2 Å². The first-order valence-corrected chi connectivity index (χ1v) is 8.94. The van der Waals surface area contributed by atoms with Crippen molar-refractivity contribution in [2.75, 3.05) is 26.7 Å². The number of amides is 1. The topological polar surface area (TPSA) is 41.6 Å². The quantitative estimate of drug-likeness (QED) is 0.648. The van der Waals surface area contributed by atoms with Crippen LogP contribution in [-0.4, -0.2) is 37.6 Å². The van der Waals surface area contributed by atoms with Gasteiger partial charge in [-0.2, -0.15) is 0 Å². The Bertz CT molecular complexity index is 708. The Morgan fingerprint density at radius 2 is 2.21 bits per heavy atom. The number of nitrogens with zero attached hydrogens (tertiary/aromatic N) is 1. The molecular weight excluding hydrogens is 320 g/mol. The predicted octanol–water partition coefficient (Wildman–Crippen LogP) is 3.01. The van der Waals surface area contributed by atoms with E-state index in [0.717, 1.165) is 24.3 Å². The maximum atomic E-state index is 12.7. The Morgan fingerprint density at radius 1 is 1.42 bits per heavy atom. The van der Waals surface area contributed by atoms with Gasteiger partial charge in [-0.1, -0.05) is 18.2 Å². The number of benzene rings is 1. The Balaban J connectivity index is 1.89. The highest BCUT2D eigenvalue weighted by molar-refractivity contribution is 7.10. The highest BCUT2D eigenvalue weighted by Gasteiger charge is 2.32. The summed E-state index contributed by atoms with van der Waals surface area (Å²) in [4.78, 5) is 16.1. The van der Waals surface area contributed by atoms with Crippen LogP contribution in [0.1, 0.15) is 22.0 Å². The van der Waals surface area contributed by atoms with Crippen molar-refractivity contribution in [3.05, 3.63) is 64.4 Å². The molecule has 4 nitrogen and oxygen atoms in total. The number of ether oxygens (including phenoxy) is 1. The summed E-state index contributed by atoms with van der Waals surface area (Å²) in [6.07, 6.45) is 2.69. The molecule has 1 aromatic carbocycles. The molecule has 1 aliphatic heterocycles. The molecule has 1 aliphatic rings. The number of carbonyl (C=O) groups is 1. The van der Waals surface area contributed by atoms with Crippen molar-refractivity contribution in [3.63, 3.8) is 0 Å². The van der Waals surface area contributed by atoms with E-state index in [1.165, 1.54) is 10.4 Å². The van der Waals surface area contributed by atoms with Crippen LogP contribution in [0.25, 0.3) is 0 Å². The van der Waals surface area contributed by atoms with Gasteiger partial charge >= 0.3 is 0 Å². The maximum absolute atomic E-state index is 12.7. The van der Waals surface area contributed by atoms with Gasteiger partial charge in [0.25, 0.3) is 0 Å². The van der Waals surface area contributed by atoms with Gasteiger partial charge in [0.2, 0.25) is 5.91 Å². The van der Waals surface area contributed by atoms with Gasteiger partial charge in [0.05, 0.1) is 19.7 Å². The number of fused-ring (bicyclic) bond motifs is 1. The Kier molecular flexibility index (Phi) is 5.33. The molecule has 0 unspecified atom stereocenters. The van der Waals surface area contributed by atoms with Crippen molar-refractivity contribution < 1.29 is 9.53 Å². The summed E-state index contributed by atoms with van der Waals surface area (Å²) in [5.74, 6) is 0.945. The fourth-order valence-electron chi connectivity index (χ4n) is 3.11. The van der Waals surface area contributed by atoms with E-state index >= 15 is 0 Å². The Hall–Kier alpha value is -2.11. The molecule has 2 heterocycles. The fraction of sp³-hybridized carbons (Fsp3) is 0.316. The smallest absolute Gasteiger partial charge is 0.237 e. The Morgan fingerprint density at radius 3 is 2.92 bits per heavy atom. The van der Waals surface area contributed by atoms with Gasteiger partial charge in [-0.3, -0.25) is 4.79 Å². The fourth-order valence-corrected chi connectivity index (χ4v) is 4.02. The number of hydrogen-bond acceptors (Lipinski definition) is 4. The van der Waals surface area contributed by atoms with Crippen LogP contribution in [0.2, 0.25) is 0 Å². The summed E-state index contributed by atoms with van der Waals surface area (Å²) in [6, 6.07) is 10.1. The van der Waals surface area contributed by atoms with E-state index in [1.54, 1.807) is 24.5 Å². The normalized spacial score (nSPS) is 16.5. The van der Waals surface area contributed by atoms with Crippen LogP contribution in [0.15, 0.2) is 48.4 Å². The van der Waals surface area contributed by atoms with Crippen LogP contribution in [0.5, 0.6) is 5.75 Å². The third-order valence-electron chi connectivity index (χ3n) is 4.28. The molecule has 24 heavy (non-hydrogen) atoms. The molecule has 1 aromatic heterocycles. The summed E-state index contributed by atoms with van der Waals surface area (Å²) < 4.78 is 5.25. The SMILES string of the molecule is C=CCNCC(=O)N1CCc2sccc2[C@@H]1c1ccc(OC)cc1. The summed E-state index contributed by atoms with van der Waals surface area (Å²) in [5, 5.41) is 5.23. The molecule has 0 bridgehead atoms. The van der Waals surface area contributed by atoms with Gasteiger partial charge in [-0.15, -0.1) is 17.9 Å². The molecule has 1 N–H and O–H groups in total. The van der Waals surface area contributed by atoms with E-state index in [9.17, 15) is 4.79 Å². The zero-order valence-corrected chi connectivity index (χ0v) is 14.6. The van der Waals surface area contributed by atoms with Crippen molar-refractivity contribution in [1.82, 2.24) is 10.2 Å². The lowest BCUT2D eigenvalue weighted by atomic mass is 9.93. The van der Waals surface area contributed by atoms with Crippen LogP contribution >= 0.6 is 11.3 Å². The number of hydrogen-bond donors (Lipinski definition) is 1. The molecule has 2 aromatic rings. The van der Waals surface area contributed by atoms with Gasteiger partial charge in [-0.05, 0) is 41.1 Å². The van der Waals surface area contributed by atoms with E-state index in [2.05, 4.69) is 23.3 Å². The van der Waals surface area contributed by atoms with Gasteiger partial charge in [0, 0.05) is 18.0 Å². The minimum Gasteiger partial charge on any atom is -0.497 e. The largest absolute Gasteiger partial charge is 0.497 e. The molecule has 0 fully saturated rings. The number of carbonyl (C=O) groups excluding carboxylic acids is 1. The maximum Gasteiger partial charge on any atom is 0.237 e. The van der Waals surface area contributed by atoms with E-state index < -0.39 is 0 Å². The third-order valence-corrected chi connectivity index (χ3v) is 5.28. The summed E-state index contributed by atoms with van der Waals surface area (Å²) in [5.41, 5.74) is 2.36. The molecule has 0 saturated heterocycles. The molecular formula is C19H22N2O2S. The zero-order chi connectivity index (χ0) is 16.9. The molecule has 126 valence electrons. The van der Waals surface area contributed by atoms with Gasteiger partial charge in [0.1, 0.15) is 5.75 Å². The second kappa shape index (κ2) is 7.64. The lowest BCUT2D eigenvalue weighted by molar-refractivity contribution is -0.132. The predicted molar refractivity (Wildman–Crippen MR) is 97.6 cm³/mol. The molecule has 0 saturated carbocycles. The number of nitrogens with one attached hydrogen (secondary N) is 1. The summed E-state index contributed by atoms with van der Waals surface area (Å²) in [6.45, 7) is 5.39. The van der Waals surface area contributed by atoms with Crippen molar-refractivity contribution in [2.45, 2.75) is 12.5 Å². The van der Waals surface area contributed by atoms with E-state index in [0.29, 0.717) is 13.1 Å². The minimum absolute atomic E-state index is 0.0241. The molecule has 3 rings (SSSR count). The standard InChI is InChI=1S/C19H22N2O2S/c1-3-10-20-13-18(22)21-11-8-17-16(9-12-24-17)19(21)14-4-6-15(23-2)7-5-14/h3-7,9,12,19-20H,1,8,10-11,13H2,2H3/t19-/m0/s1. The molecule has 0 spiro atoms. The summed E-state index contributed by atoms with van der Waals surface area (Å²) in [7, 11) is 1.66. The molecule has 1 atom stereocenters. The average Bonchev–Trinajstić information content (AvgIpc) is 3.10. The second-order valence-electron chi connectivity index (χ2n) is 5.73. The van der Waals surface area contributed by atoms with Gasteiger partial charge in [0.15, 0.2) is 0 Å². The van der Waals surface area contributed by atoms with Crippen molar-refractivity contribution in [2.24, 2.45) is 0 Å². The lowest BCUT2D eigenvalue weighted by Crippen LogP contribution is -2.44. The highest BCUT2D eigenvalue weighted by Crippen LogP contribution is 2.38. The van der Waals surface area contributed by atoms with E-state index in [4.69, 9.17) is 4.74 Å². The first-order valence-electron chi connectivity index (χ1n) is 8.06. The van der Waals surface area contributed by atoms with Crippen molar-refractivity contribution in [3.8, 4) is 5.75 Å². The van der Waals surface area contributed by atoms with Crippen molar-refractivity contribution in [1.29, 1.82) is 0 Å². The minimum atomic E-state index is -0.0241. The van der Waals surface area contributed by atoms with Crippen LogP contribution < -0.4 is 10.1 Å². The second-order valence-corrected chi connectivity index (χ2v) is 6.73. The third kappa shape index (κ3) is 3.37. The van der Waals surface area contributed by atoms with Gasteiger partial charge < -0.3 is 15.0 Å². The monoisotopic (exact) mass is 342 g/mol. The number of thiophene rings is 1.